The van der Waals surface area contributed by atoms with Gasteiger partial charge in [-0.05, 0) is 42.8 Å². The summed E-state index contributed by atoms with van der Waals surface area (Å²) >= 11 is 5.26. The van der Waals surface area contributed by atoms with E-state index < -0.39 is 0 Å². The molecule has 1 saturated carbocycles. The first-order valence-electron chi connectivity index (χ1n) is 5.41. The van der Waals surface area contributed by atoms with Crippen LogP contribution in [0.5, 0.6) is 0 Å². The molecule has 1 aliphatic carbocycles. The Morgan fingerprint density at radius 1 is 1.44 bits per heavy atom. The molecule has 0 amide bonds. The molecule has 0 spiro atoms. The van der Waals surface area contributed by atoms with Gasteiger partial charge in [0.25, 0.3) is 0 Å². The average Bonchev–Trinajstić information content (AvgIpc) is 3.05. The van der Waals surface area contributed by atoms with Crippen LogP contribution in [0.1, 0.15) is 18.4 Å². The van der Waals surface area contributed by atoms with Crippen molar-refractivity contribution in [3.8, 4) is 0 Å². The molecule has 16 heavy (non-hydrogen) atoms. The molecule has 0 unspecified atom stereocenters. The molecule has 1 aromatic rings. The molecule has 0 radical (unpaired) electrons. The predicted octanol–water partition coefficient (Wildman–Crippen LogP) is 2.29. The van der Waals surface area contributed by atoms with Crippen LogP contribution in [0.3, 0.4) is 0 Å². The highest BCUT2D eigenvalue weighted by molar-refractivity contribution is 7.80. The summed E-state index contributed by atoms with van der Waals surface area (Å²) in [6, 6.07) is 7.08. The van der Waals surface area contributed by atoms with Gasteiger partial charge in [0, 0.05) is 19.6 Å². The van der Waals surface area contributed by atoms with Gasteiger partial charge in [0.05, 0.1) is 0 Å². The Hall–Kier alpha value is -1.16. The van der Waals surface area contributed by atoms with Crippen molar-refractivity contribution in [3.63, 3.8) is 0 Å². The van der Waals surface area contributed by atoms with Gasteiger partial charge in [-0.2, -0.15) is 0 Å². The van der Waals surface area contributed by atoms with E-state index in [1.165, 1.54) is 25.0 Å². The first kappa shape index (κ1) is 11.3. The number of benzene rings is 1. The first-order valence-corrected chi connectivity index (χ1v) is 5.82. The molecule has 0 saturated heterocycles. The van der Waals surface area contributed by atoms with Crippen LogP contribution < -0.4 is 5.32 Å². The van der Waals surface area contributed by atoms with Crippen molar-refractivity contribution in [1.29, 1.82) is 0 Å². The van der Waals surface area contributed by atoms with Gasteiger partial charge in [0.2, 0.25) is 0 Å². The van der Waals surface area contributed by atoms with Crippen molar-refractivity contribution in [2.75, 3.05) is 7.05 Å². The summed E-state index contributed by atoms with van der Waals surface area (Å²) in [6.45, 7) is 0.707. The highest BCUT2D eigenvalue weighted by Gasteiger charge is 2.22. The molecule has 2 rings (SSSR count). The molecule has 0 bridgehead atoms. The Labute approximate surface area is 100 Å². The van der Waals surface area contributed by atoms with Crippen LogP contribution in [0.4, 0.5) is 4.39 Å². The Kier molecular flexibility index (Phi) is 3.39. The van der Waals surface area contributed by atoms with Gasteiger partial charge in [-0.1, -0.05) is 12.1 Å². The summed E-state index contributed by atoms with van der Waals surface area (Å²) < 4.78 is 12.7. The third-order valence-electron chi connectivity index (χ3n) is 2.58. The fourth-order valence-electron chi connectivity index (χ4n) is 1.45. The minimum atomic E-state index is -0.204. The second-order valence-corrected chi connectivity index (χ2v) is 4.59. The number of nitrogens with one attached hydrogen (secondary N) is 1. The number of thiocarbonyl (C=S) groups is 1. The summed E-state index contributed by atoms with van der Waals surface area (Å²) in [4.78, 5) is 1.97. The van der Waals surface area contributed by atoms with Crippen molar-refractivity contribution in [1.82, 2.24) is 10.2 Å². The maximum Gasteiger partial charge on any atom is 0.169 e. The molecule has 1 aromatic carbocycles. The summed E-state index contributed by atoms with van der Waals surface area (Å²) in [5.41, 5.74) is 1.06. The highest BCUT2D eigenvalue weighted by Crippen LogP contribution is 2.19. The van der Waals surface area contributed by atoms with Crippen molar-refractivity contribution in [2.24, 2.45) is 0 Å². The molecule has 1 N–H and O–H groups in total. The minimum Gasteiger partial charge on any atom is -0.360 e. The van der Waals surface area contributed by atoms with Gasteiger partial charge < -0.3 is 10.2 Å². The molecule has 86 valence electrons. The van der Waals surface area contributed by atoms with E-state index in [0.29, 0.717) is 12.6 Å². The van der Waals surface area contributed by atoms with E-state index in [-0.39, 0.29) is 5.82 Å². The zero-order valence-electron chi connectivity index (χ0n) is 9.24. The van der Waals surface area contributed by atoms with Gasteiger partial charge in [-0.25, -0.2) is 4.39 Å². The number of hydrogen-bond donors (Lipinski definition) is 1. The molecule has 2 nitrogen and oxygen atoms in total. The Morgan fingerprint density at radius 3 is 2.62 bits per heavy atom. The van der Waals surface area contributed by atoms with E-state index >= 15 is 0 Å². The van der Waals surface area contributed by atoms with Gasteiger partial charge in [0.15, 0.2) is 5.11 Å². The highest BCUT2D eigenvalue weighted by atomic mass is 32.1. The first-order chi connectivity index (χ1) is 7.65. The monoisotopic (exact) mass is 238 g/mol. The van der Waals surface area contributed by atoms with E-state index in [2.05, 4.69) is 5.32 Å². The van der Waals surface area contributed by atoms with Crippen LogP contribution in [0.25, 0.3) is 0 Å². The molecule has 0 aliphatic heterocycles. The summed E-state index contributed by atoms with van der Waals surface area (Å²) in [7, 11) is 1.95. The Bertz CT molecular complexity index is 373. The Morgan fingerprint density at radius 2 is 2.06 bits per heavy atom. The zero-order chi connectivity index (χ0) is 11.5. The van der Waals surface area contributed by atoms with Gasteiger partial charge in [-0.15, -0.1) is 0 Å². The standard InChI is InChI=1S/C12H15FN2S/c1-15(12(16)14-11-6-7-11)8-9-2-4-10(13)5-3-9/h2-5,11H,6-8H2,1H3,(H,14,16). The molecule has 1 aliphatic rings. The second kappa shape index (κ2) is 4.78. The quantitative estimate of drug-likeness (QED) is 0.813. The van der Waals surface area contributed by atoms with E-state index in [4.69, 9.17) is 12.2 Å². The SMILES string of the molecule is CN(Cc1ccc(F)cc1)C(=S)NC1CC1. The van der Waals surface area contributed by atoms with Crippen molar-refractivity contribution in [3.05, 3.63) is 35.6 Å². The fourth-order valence-corrected chi connectivity index (χ4v) is 1.68. The van der Waals surface area contributed by atoms with E-state index in [0.717, 1.165) is 10.7 Å². The van der Waals surface area contributed by atoms with Gasteiger partial charge >= 0.3 is 0 Å². The second-order valence-electron chi connectivity index (χ2n) is 4.21. The van der Waals surface area contributed by atoms with Crippen molar-refractivity contribution >= 4 is 17.3 Å². The van der Waals surface area contributed by atoms with E-state index in [1.807, 2.05) is 11.9 Å². The largest absolute Gasteiger partial charge is 0.360 e. The predicted molar refractivity (Wildman–Crippen MR) is 66.6 cm³/mol. The van der Waals surface area contributed by atoms with Crippen LogP contribution in [0.2, 0.25) is 0 Å². The van der Waals surface area contributed by atoms with E-state index in [9.17, 15) is 4.39 Å². The minimum absolute atomic E-state index is 0.204. The molecular weight excluding hydrogens is 223 g/mol. The summed E-state index contributed by atoms with van der Waals surface area (Å²) in [5, 5.41) is 4.04. The number of hydrogen-bond acceptors (Lipinski definition) is 1. The van der Waals surface area contributed by atoms with Gasteiger partial charge in [-0.3, -0.25) is 0 Å². The smallest absolute Gasteiger partial charge is 0.169 e. The normalized spacial score (nSPS) is 14.6. The van der Waals surface area contributed by atoms with Crippen LogP contribution >= 0.6 is 12.2 Å². The van der Waals surface area contributed by atoms with Gasteiger partial charge in [0.1, 0.15) is 5.82 Å². The number of nitrogens with zero attached hydrogens (tertiary/aromatic N) is 1. The Balaban J connectivity index is 1.87. The fraction of sp³-hybridized carbons (Fsp3) is 0.417. The lowest BCUT2D eigenvalue weighted by molar-refractivity contribution is 0.487. The van der Waals surface area contributed by atoms with E-state index in [1.54, 1.807) is 12.1 Å². The lowest BCUT2D eigenvalue weighted by Gasteiger charge is -2.21. The molecular formula is C12H15FN2S. The van der Waals surface area contributed by atoms with Crippen LogP contribution in [0, 0.1) is 5.82 Å². The molecule has 0 aromatic heterocycles. The third-order valence-corrected chi connectivity index (χ3v) is 3.01. The lowest BCUT2D eigenvalue weighted by Crippen LogP contribution is -2.37. The molecule has 0 heterocycles. The molecule has 4 heteroatoms. The number of rotatable bonds is 3. The summed E-state index contributed by atoms with van der Waals surface area (Å²) in [5.74, 6) is -0.204. The molecule has 0 atom stereocenters. The average molecular weight is 238 g/mol. The topological polar surface area (TPSA) is 15.3 Å². The van der Waals surface area contributed by atoms with Crippen molar-refractivity contribution < 1.29 is 4.39 Å². The third kappa shape index (κ3) is 3.17. The maximum atomic E-state index is 12.7. The molecule has 1 fully saturated rings. The lowest BCUT2D eigenvalue weighted by atomic mass is 10.2. The summed E-state index contributed by atoms with van der Waals surface area (Å²) in [6.07, 6.45) is 2.43. The zero-order valence-corrected chi connectivity index (χ0v) is 10.1. The van der Waals surface area contributed by atoms with Crippen LogP contribution in [-0.2, 0) is 6.54 Å². The van der Waals surface area contributed by atoms with Crippen LogP contribution in [-0.4, -0.2) is 23.1 Å². The van der Waals surface area contributed by atoms with Crippen molar-refractivity contribution in [2.45, 2.75) is 25.4 Å². The maximum absolute atomic E-state index is 12.7. The number of halogens is 1. The van der Waals surface area contributed by atoms with Crippen LogP contribution in [0.15, 0.2) is 24.3 Å².